The van der Waals surface area contributed by atoms with E-state index in [1.165, 1.54) is 14.0 Å². The number of hydrogen-bond acceptors (Lipinski definition) is 6. The topological polar surface area (TPSA) is 127 Å². The zero-order valence-corrected chi connectivity index (χ0v) is 12.2. The van der Waals surface area contributed by atoms with Gasteiger partial charge >= 0.3 is 11.9 Å². The van der Waals surface area contributed by atoms with E-state index in [0.29, 0.717) is 0 Å². The van der Waals surface area contributed by atoms with Gasteiger partial charge in [0.05, 0.1) is 19.3 Å². The lowest BCUT2D eigenvalue weighted by atomic mass is 10.2. The third-order valence-electron chi connectivity index (χ3n) is 2.57. The molecule has 0 aromatic rings. The molecular weight excluding hydrogens is 290 g/mol. The number of aliphatic carboxylic acids is 1. The number of esters is 1. The third-order valence-corrected chi connectivity index (χ3v) is 4.31. The molecule has 0 saturated heterocycles. The van der Waals surface area contributed by atoms with Crippen molar-refractivity contribution in [3.63, 3.8) is 0 Å². The van der Waals surface area contributed by atoms with Crippen LogP contribution < -0.4 is 5.32 Å². The first-order valence-corrected chi connectivity index (χ1v) is 7.83. The van der Waals surface area contributed by atoms with Crippen LogP contribution >= 0.6 is 0 Å². The van der Waals surface area contributed by atoms with Crippen LogP contribution in [-0.2, 0) is 29.0 Å². The molecule has 20 heavy (non-hydrogen) atoms. The molecule has 8 nitrogen and oxygen atoms in total. The Balaban J connectivity index is 4.38. The first kappa shape index (κ1) is 18.4. The summed E-state index contributed by atoms with van der Waals surface area (Å²) in [5.74, 6) is -2.95. The lowest BCUT2D eigenvalue weighted by molar-refractivity contribution is -0.143. The summed E-state index contributed by atoms with van der Waals surface area (Å²) < 4.78 is 26.9. The van der Waals surface area contributed by atoms with Crippen molar-refractivity contribution in [1.82, 2.24) is 5.32 Å². The van der Waals surface area contributed by atoms with E-state index in [1.807, 2.05) is 0 Å². The van der Waals surface area contributed by atoms with E-state index in [-0.39, 0.29) is 30.8 Å². The quantitative estimate of drug-likeness (QED) is 0.541. The Hall–Kier alpha value is -1.64. The molecule has 0 spiro atoms. The number of nitrogens with one attached hydrogen (secondary N) is 1. The van der Waals surface area contributed by atoms with Crippen molar-refractivity contribution in [1.29, 1.82) is 0 Å². The number of sulfone groups is 1. The third kappa shape index (κ3) is 7.72. The number of amides is 1. The average molecular weight is 309 g/mol. The first-order chi connectivity index (χ1) is 9.21. The Morgan fingerprint density at radius 2 is 1.85 bits per heavy atom. The summed E-state index contributed by atoms with van der Waals surface area (Å²) in [7, 11) is -2.13. The zero-order valence-electron chi connectivity index (χ0n) is 11.4. The lowest BCUT2D eigenvalue weighted by Gasteiger charge is -2.14. The second-order valence-electron chi connectivity index (χ2n) is 4.06. The van der Waals surface area contributed by atoms with Crippen molar-refractivity contribution in [3.8, 4) is 0 Å². The molecule has 1 unspecified atom stereocenters. The second-order valence-corrected chi connectivity index (χ2v) is 6.53. The Bertz CT molecular complexity index is 457. The molecule has 0 aliphatic rings. The highest BCUT2D eigenvalue weighted by atomic mass is 32.2. The number of ether oxygens (including phenoxy) is 1. The van der Waals surface area contributed by atoms with E-state index in [0.717, 1.165) is 0 Å². The van der Waals surface area contributed by atoms with Crippen LogP contribution in [0, 0.1) is 0 Å². The molecule has 0 heterocycles. The van der Waals surface area contributed by atoms with Crippen LogP contribution in [0.1, 0.15) is 26.2 Å². The van der Waals surface area contributed by atoms with E-state index in [2.05, 4.69) is 10.1 Å². The molecule has 0 fully saturated rings. The van der Waals surface area contributed by atoms with E-state index >= 15 is 0 Å². The van der Waals surface area contributed by atoms with E-state index in [4.69, 9.17) is 5.11 Å². The van der Waals surface area contributed by atoms with E-state index < -0.39 is 33.7 Å². The minimum atomic E-state index is -3.30. The molecule has 9 heteroatoms. The van der Waals surface area contributed by atoms with E-state index in [9.17, 15) is 22.8 Å². The van der Waals surface area contributed by atoms with Gasteiger partial charge in [-0.15, -0.1) is 0 Å². The van der Waals surface area contributed by atoms with Gasteiger partial charge in [-0.25, -0.2) is 13.2 Å². The van der Waals surface area contributed by atoms with Crippen molar-refractivity contribution >= 4 is 27.7 Å². The molecule has 0 bridgehead atoms. The van der Waals surface area contributed by atoms with E-state index in [1.54, 1.807) is 0 Å². The summed E-state index contributed by atoms with van der Waals surface area (Å²) in [5.41, 5.74) is 0. The van der Waals surface area contributed by atoms with Crippen LogP contribution in [0.5, 0.6) is 0 Å². The fourth-order valence-corrected chi connectivity index (χ4v) is 2.17. The summed E-state index contributed by atoms with van der Waals surface area (Å²) in [6, 6.07) is -1.29. The van der Waals surface area contributed by atoms with Gasteiger partial charge in [-0.05, 0) is 6.42 Å². The van der Waals surface area contributed by atoms with Gasteiger partial charge in [-0.1, -0.05) is 6.92 Å². The molecule has 1 atom stereocenters. The predicted octanol–water partition coefficient (Wildman–Crippen LogP) is -0.666. The van der Waals surface area contributed by atoms with Crippen LogP contribution in [0.25, 0.3) is 0 Å². The molecule has 0 aromatic carbocycles. The smallest absolute Gasteiger partial charge is 0.326 e. The SMILES string of the molecule is CCS(=O)(=O)CCC(NC(=O)CCC(=O)OC)C(=O)O. The van der Waals surface area contributed by atoms with Gasteiger partial charge in [-0.3, -0.25) is 9.59 Å². The maximum atomic E-state index is 11.4. The summed E-state index contributed by atoms with van der Waals surface area (Å²) in [4.78, 5) is 33.2. The van der Waals surface area contributed by atoms with Gasteiger partial charge in [0, 0.05) is 12.2 Å². The second kappa shape index (κ2) is 8.51. The number of carboxylic acids is 1. The largest absolute Gasteiger partial charge is 0.480 e. The summed E-state index contributed by atoms with van der Waals surface area (Å²) in [6.07, 6.45) is -0.589. The molecule has 0 saturated carbocycles. The molecule has 0 aromatic heterocycles. The molecule has 0 aliphatic heterocycles. The number of methoxy groups -OCH3 is 1. The molecule has 116 valence electrons. The normalized spacial score (nSPS) is 12.5. The lowest BCUT2D eigenvalue weighted by Crippen LogP contribution is -2.42. The number of carbonyl (C=O) groups is 3. The van der Waals surface area contributed by atoms with Gasteiger partial charge in [0.25, 0.3) is 0 Å². The Morgan fingerprint density at radius 1 is 1.25 bits per heavy atom. The summed E-state index contributed by atoms with van der Waals surface area (Å²) in [5, 5.41) is 11.1. The van der Waals surface area contributed by atoms with Crippen LogP contribution in [0.2, 0.25) is 0 Å². The Labute approximate surface area is 117 Å². The van der Waals surface area contributed by atoms with Crippen LogP contribution in [-0.4, -0.2) is 56.0 Å². The molecular formula is C11H19NO7S. The summed E-state index contributed by atoms with van der Waals surface area (Å²) >= 11 is 0. The molecule has 0 aliphatic carbocycles. The fourth-order valence-electron chi connectivity index (χ4n) is 1.28. The highest BCUT2D eigenvalue weighted by Gasteiger charge is 2.22. The maximum Gasteiger partial charge on any atom is 0.326 e. The number of hydrogen-bond donors (Lipinski definition) is 2. The molecule has 2 N–H and O–H groups in total. The van der Waals surface area contributed by atoms with Gasteiger partial charge in [0.2, 0.25) is 5.91 Å². The van der Waals surface area contributed by atoms with Gasteiger partial charge in [0.1, 0.15) is 15.9 Å². The molecule has 1 amide bonds. The number of carbonyl (C=O) groups excluding carboxylic acids is 2. The maximum absolute atomic E-state index is 11.4. The van der Waals surface area contributed by atoms with Gasteiger partial charge in [-0.2, -0.15) is 0 Å². The highest BCUT2D eigenvalue weighted by molar-refractivity contribution is 7.91. The monoisotopic (exact) mass is 309 g/mol. The van der Waals surface area contributed by atoms with Crippen molar-refractivity contribution in [2.24, 2.45) is 0 Å². The predicted molar refractivity (Wildman–Crippen MR) is 69.8 cm³/mol. The minimum absolute atomic E-state index is 0.0877. The summed E-state index contributed by atoms with van der Waals surface area (Å²) in [6.45, 7) is 1.46. The minimum Gasteiger partial charge on any atom is -0.480 e. The van der Waals surface area contributed by atoms with Crippen molar-refractivity contribution in [3.05, 3.63) is 0 Å². The Morgan fingerprint density at radius 3 is 2.30 bits per heavy atom. The highest BCUT2D eigenvalue weighted by Crippen LogP contribution is 2.01. The standard InChI is InChI=1S/C11H19NO7S/c1-3-20(17,18)7-6-8(11(15)16)12-9(13)4-5-10(14)19-2/h8H,3-7H2,1-2H3,(H,12,13)(H,15,16). The first-order valence-electron chi connectivity index (χ1n) is 6.01. The fraction of sp³-hybridized carbons (Fsp3) is 0.727. The number of carboxylic acid groups (broad SMARTS) is 1. The van der Waals surface area contributed by atoms with Gasteiger partial charge in [0.15, 0.2) is 0 Å². The van der Waals surface area contributed by atoms with Gasteiger partial charge < -0.3 is 15.2 Å². The average Bonchev–Trinajstić information content (AvgIpc) is 2.40. The van der Waals surface area contributed by atoms with Crippen molar-refractivity contribution in [2.75, 3.05) is 18.6 Å². The zero-order chi connectivity index (χ0) is 15.8. The molecule has 0 radical (unpaired) electrons. The number of rotatable bonds is 9. The van der Waals surface area contributed by atoms with Crippen molar-refractivity contribution in [2.45, 2.75) is 32.2 Å². The molecule has 0 rings (SSSR count). The Kier molecular flexibility index (Phi) is 7.82. The van der Waals surface area contributed by atoms with Crippen molar-refractivity contribution < 1.29 is 32.6 Å². The van der Waals surface area contributed by atoms with Crippen LogP contribution in [0.4, 0.5) is 0 Å². The van der Waals surface area contributed by atoms with Crippen LogP contribution in [0.15, 0.2) is 0 Å². The van der Waals surface area contributed by atoms with Crippen LogP contribution in [0.3, 0.4) is 0 Å².